The minimum atomic E-state index is -4.20. The molecule has 0 aliphatic heterocycles. The van der Waals surface area contributed by atoms with E-state index in [0.29, 0.717) is 25.2 Å². The van der Waals surface area contributed by atoms with Gasteiger partial charge in [0, 0.05) is 23.2 Å². The van der Waals surface area contributed by atoms with Crippen molar-refractivity contribution in [2.24, 2.45) is 5.73 Å². The van der Waals surface area contributed by atoms with Gasteiger partial charge in [0.05, 0.1) is 0 Å². The van der Waals surface area contributed by atoms with Gasteiger partial charge in [0.15, 0.2) is 0 Å². The summed E-state index contributed by atoms with van der Waals surface area (Å²) in [6.45, 7) is 1.64. The summed E-state index contributed by atoms with van der Waals surface area (Å²) in [5.41, 5.74) is 6.94. The van der Waals surface area contributed by atoms with Gasteiger partial charge in [-0.2, -0.15) is 13.2 Å². The van der Waals surface area contributed by atoms with Gasteiger partial charge in [-0.1, -0.05) is 28.9 Å². The average molecular weight is 325 g/mol. The molecule has 0 bridgehead atoms. The second kappa shape index (κ2) is 6.43. The van der Waals surface area contributed by atoms with Crippen LogP contribution in [0.2, 0.25) is 0 Å². The first kappa shape index (κ1) is 15.3. The molecule has 2 N–H and O–H groups in total. The fourth-order valence-electron chi connectivity index (χ4n) is 1.68. The maximum absolute atomic E-state index is 12.5. The Hall–Kier alpha value is -0.750. The lowest BCUT2D eigenvalue weighted by Gasteiger charge is -2.26. The third-order valence-corrected chi connectivity index (χ3v) is 3.22. The van der Waals surface area contributed by atoms with E-state index in [9.17, 15) is 13.2 Å². The molecule has 0 fully saturated rings. The second-order valence-corrected chi connectivity index (χ2v) is 4.87. The predicted molar refractivity (Wildman–Crippen MR) is 70.6 cm³/mol. The summed E-state index contributed by atoms with van der Waals surface area (Å²) in [5, 5.41) is 0. The van der Waals surface area contributed by atoms with Crippen molar-refractivity contribution in [1.82, 2.24) is 0 Å². The number of alkyl halides is 3. The molecule has 0 amide bonds. The van der Waals surface area contributed by atoms with E-state index in [1.165, 1.54) is 4.90 Å². The van der Waals surface area contributed by atoms with Gasteiger partial charge in [0.2, 0.25) is 0 Å². The second-order valence-electron chi connectivity index (χ2n) is 4.02. The maximum Gasteiger partial charge on any atom is 0.405 e. The molecule has 0 atom stereocenters. The number of halogens is 4. The van der Waals surface area contributed by atoms with Gasteiger partial charge in [-0.25, -0.2) is 0 Å². The predicted octanol–water partition coefficient (Wildman–Crippen LogP) is 3.69. The van der Waals surface area contributed by atoms with Crippen LogP contribution in [0, 0.1) is 0 Å². The molecule has 102 valence electrons. The van der Waals surface area contributed by atoms with Crippen molar-refractivity contribution in [3.63, 3.8) is 0 Å². The van der Waals surface area contributed by atoms with E-state index in [4.69, 9.17) is 5.73 Å². The molecule has 0 saturated heterocycles. The monoisotopic (exact) mass is 324 g/mol. The normalized spacial score (nSPS) is 11.7. The summed E-state index contributed by atoms with van der Waals surface area (Å²) in [6, 6.07) is 5.11. The zero-order chi connectivity index (χ0) is 13.8. The topological polar surface area (TPSA) is 29.3 Å². The Balaban J connectivity index is 2.95. The first-order chi connectivity index (χ1) is 8.37. The van der Waals surface area contributed by atoms with Crippen molar-refractivity contribution in [1.29, 1.82) is 0 Å². The molecular formula is C12H16BrF3N2. The van der Waals surface area contributed by atoms with E-state index in [1.54, 1.807) is 18.2 Å². The number of anilines is 1. The van der Waals surface area contributed by atoms with Gasteiger partial charge in [0.1, 0.15) is 6.54 Å². The molecule has 1 rings (SSSR count). The Bertz CT molecular complexity index is 393. The molecule has 0 heterocycles. The van der Waals surface area contributed by atoms with Crippen molar-refractivity contribution in [2.45, 2.75) is 26.1 Å². The molecule has 1 aromatic rings. The van der Waals surface area contributed by atoms with Crippen LogP contribution in [0.15, 0.2) is 22.7 Å². The number of nitrogens with zero attached hydrogens (tertiary/aromatic N) is 1. The molecule has 2 nitrogen and oxygen atoms in total. The maximum atomic E-state index is 12.5. The van der Waals surface area contributed by atoms with Crippen molar-refractivity contribution >= 4 is 21.6 Å². The quantitative estimate of drug-likeness (QED) is 0.895. The molecular weight excluding hydrogens is 309 g/mol. The third kappa shape index (κ3) is 4.49. The summed E-state index contributed by atoms with van der Waals surface area (Å²) in [6.07, 6.45) is -3.54. The highest BCUT2D eigenvalue weighted by molar-refractivity contribution is 9.10. The number of rotatable bonds is 5. The molecule has 0 radical (unpaired) electrons. The van der Waals surface area contributed by atoms with E-state index in [0.717, 1.165) is 10.0 Å². The van der Waals surface area contributed by atoms with Crippen molar-refractivity contribution < 1.29 is 13.2 Å². The van der Waals surface area contributed by atoms with Gasteiger partial charge >= 0.3 is 6.18 Å². The zero-order valence-corrected chi connectivity index (χ0v) is 11.7. The summed E-state index contributed by atoms with van der Waals surface area (Å²) in [7, 11) is 0. The number of hydrogen-bond donors (Lipinski definition) is 1. The fourth-order valence-corrected chi connectivity index (χ4v) is 2.21. The summed E-state index contributed by atoms with van der Waals surface area (Å²) in [5.74, 6) is 0. The Kier molecular flexibility index (Phi) is 5.47. The first-order valence-electron chi connectivity index (χ1n) is 5.67. The van der Waals surface area contributed by atoms with Crippen molar-refractivity contribution in [2.75, 3.05) is 18.0 Å². The lowest BCUT2D eigenvalue weighted by Crippen LogP contribution is -2.34. The van der Waals surface area contributed by atoms with Crippen LogP contribution in [0.1, 0.15) is 18.9 Å². The lowest BCUT2D eigenvalue weighted by atomic mass is 10.2. The zero-order valence-electron chi connectivity index (χ0n) is 10.1. The third-order valence-electron chi connectivity index (χ3n) is 2.49. The number of nitrogens with two attached hydrogens (primary N) is 1. The van der Waals surface area contributed by atoms with Crippen LogP contribution in [-0.4, -0.2) is 19.3 Å². The molecule has 0 aromatic heterocycles. The van der Waals surface area contributed by atoms with Gasteiger partial charge in [-0.3, -0.25) is 0 Å². The minimum absolute atomic E-state index is 0.355. The van der Waals surface area contributed by atoms with Gasteiger partial charge in [0.25, 0.3) is 0 Å². The smallest absolute Gasteiger partial charge is 0.363 e. The van der Waals surface area contributed by atoms with Crippen LogP contribution in [0.4, 0.5) is 18.9 Å². The average Bonchev–Trinajstić information content (AvgIpc) is 2.26. The van der Waals surface area contributed by atoms with Gasteiger partial charge < -0.3 is 10.6 Å². The molecule has 6 heteroatoms. The molecule has 0 aliphatic rings. The standard InChI is InChI=1S/C12H16BrF3N2/c1-2-5-18(8-12(14,15)16)10-4-3-9(7-17)11(13)6-10/h3-4,6H,2,5,7-8,17H2,1H3. The van der Waals surface area contributed by atoms with E-state index >= 15 is 0 Å². The molecule has 1 aromatic carbocycles. The number of benzene rings is 1. The fraction of sp³-hybridized carbons (Fsp3) is 0.500. The largest absolute Gasteiger partial charge is 0.405 e. The Labute approximate surface area is 113 Å². The lowest BCUT2D eigenvalue weighted by molar-refractivity contribution is -0.119. The van der Waals surface area contributed by atoms with Crippen LogP contribution in [0.5, 0.6) is 0 Å². The highest BCUT2D eigenvalue weighted by atomic mass is 79.9. The SMILES string of the molecule is CCCN(CC(F)(F)F)c1ccc(CN)c(Br)c1. The van der Waals surface area contributed by atoms with Crippen LogP contribution in [0.25, 0.3) is 0 Å². The van der Waals surface area contributed by atoms with Crippen LogP contribution in [0.3, 0.4) is 0 Å². The Morgan fingerprint density at radius 3 is 2.44 bits per heavy atom. The van der Waals surface area contributed by atoms with E-state index < -0.39 is 12.7 Å². The van der Waals surface area contributed by atoms with Crippen LogP contribution in [-0.2, 0) is 6.54 Å². The first-order valence-corrected chi connectivity index (χ1v) is 6.47. The molecule has 0 aliphatic carbocycles. The van der Waals surface area contributed by atoms with Gasteiger partial charge in [-0.15, -0.1) is 0 Å². The summed E-state index contributed by atoms with van der Waals surface area (Å²) >= 11 is 3.32. The summed E-state index contributed by atoms with van der Waals surface area (Å²) in [4.78, 5) is 1.32. The van der Waals surface area contributed by atoms with E-state index in [2.05, 4.69) is 15.9 Å². The molecule has 18 heavy (non-hydrogen) atoms. The Morgan fingerprint density at radius 2 is 2.00 bits per heavy atom. The van der Waals surface area contributed by atoms with E-state index in [-0.39, 0.29) is 0 Å². The van der Waals surface area contributed by atoms with Crippen LogP contribution < -0.4 is 10.6 Å². The van der Waals surface area contributed by atoms with Gasteiger partial charge in [-0.05, 0) is 24.1 Å². The molecule has 0 saturated carbocycles. The molecule has 0 spiro atoms. The Morgan fingerprint density at radius 1 is 1.33 bits per heavy atom. The summed E-state index contributed by atoms with van der Waals surface area (Å²) < 4.78 is 38.2. The minimum Gasteiger partial charge on any atom is -0.363 e. The molecule has 0 unspecified atom stereocenters. The highest BCUT2D eigenvalue weighted by Crippen LogP contribution is 2.27. The van der Waals surface area contributed by atoms with Crippen molar-refractivity contribution in [3.05, 3.63) is 28.2 Å². The van der Waals surface area contributed by atoms with Crippen molar-refractivity contribution in [3.8, 4) is 0 Å². The highest BCUT2D eigenvalue weighted by Gasteiger charge is 2.30. The van der Waals surface area contributed by atoms with E-state index in [1.807, 2.05) is 6.92 Å². The van der Waals surface area contributed by atoms with Crippen LogP contribution >= 0.6 is 15.9 Å². The number of hydrogen-bond acceptors (Lipinski definition) is 2.